The summed E-state index contributed by atoms with van der Waals surface area (Å²) in [6, 6.07) is 16.4. The Morgan fingerprint density at radius 3 is 2.37 bits per heavy atom. The summed E-state index contributed by atoms with van der Waals surface area (Å²) < 4.78 is 10.6. The molecule has 5 nitrogen and oxygen atoms in total. The molecule has 0 aliphatic heterocycles. The van der Waals surface area contributed by atoms with Gasteiger partial charge in [-0.25, -0.2) is 0 Å². The average Bonchev–Trinajstić information content (AvgIpc) is 2.73. The van der Waals surface area contributed by atoms with E-state index in [2.05, 4.69) is 40.6 Å². The molecule has 0 saturated heterocycles. The zero-order valence-electron chi connectivity index (χ0n) is 16.2. The minimum atomic E-state index is 0.437. The van der Waals surface area contributed by atoms with Crippen molar-refractivity contribution in [2.24, 2.45) is 16.6 Å². The van der Waals surface area contributed by atoms with Gasteiger partial charge in [0.2, 0.25) is 0 Å². The average molecular weight is 367 g/mol. The van der Waals surface area contributed by atoms with E-state index < -0.39 is 0 Å². The molecule has 1 fully saturated rings. The lowest BCUT2D eigenvalue weighted by molar-refractivity contribution is 0.333. The van der Waals surface area contributed by atoms with E-state index in [1.165, 1.54) is 31.2 Å². The van der Waals surface area contributed by atoms with Crippen LogP contribution in [0.5, 0.6) is 11.5 Å². The van der Waals surface area contributed by atoms with E-state index in [1.807, 2.05) is 18.2 Å². The quantitative estimate of drug-likeness (QED) is 0.586. The van der Waals surface area contributed by atoms with Crippen molar-refractivity contribution < 1.29 is 9.47 Å². The van der Waals surface area contributed by atoms with E-state index in [4.69, 9.17) is 15.2 Å². The number of nitrogens with two attached hydrogens (primary N) is 1. The first kappa shape index (κ1) is 19.1. The second kappa shape index (κ2) is 9.31. The van der Waals surface area contributed by atoms with Crippen LogP contribution >= 0.6 is 0 Å². The minimum Gasteiger partial charge on any atom is -0.493 e. The molecule has 2 aromatic rings. The molecule has 0 bridgehead atoms. The molecule has 1 saturated carbocycles. The number of anilines is 1. The Morgan fingerprint density at radius 2 is 1.70 bits per heavy atom. The monoisotopic (exact) mass is 367 g/mol. The summed E-state index contributed by atoms with van der Waals surface area (Å²) in [5, 5.41) is 3.13. The van der Waals surface area contributed by atoms with Crippen LogP contribution < -0.4 is 20.5 Å². The largest absolute Gasteiger partial charge is 0.493 e. The molecule has 0 radical (unpaired) electrons. The molecule has 0 unspecified atom stereocenters. The number of ether oxygens (including phenoxy) is 2. The first-order valence-corrected chi connectivity index (χ1v) is 9.53. The Balaban J connectivity index is 1.50. The molecular formula is C22H29N3O2. The summed E-state index contributed by atoms with van der Waals surface area (Å²) in [6.45, 7) is 0.771. The zero-order valence-corrected chi connectivity index (χ0v) is 16.2. The van der Waals surface area contributed by atoms with Crippen molar-refractivity contribution in [3.63, 3.8) is 0 Å². The van der Waals surface area contributed by atoms with Crippen LogP contribution in [0.2, 0.25) is 0 Å². The van der Waals surface area contributed by atoms with Crippen LogP contribution in [0.25, 0.3) is 0 Å². The molecule has 0 spiro atoms. The highest BCUT2D eigenvalue weighted by Crippen LogP contribution is 2.35. The van der Waals surface area contributed by atoms with Crippen molar-refractivity contribution in [2.75, 3.05) is 26.1 Å². The lowest BCUT2D eigenvalue weighted by Crippen LogP contribution is -2.24. The fourth-order valence-corrected chi connectivity index (χ4v) is 3.73. The van der Waals surface area contributed by atoms with E-state index in [0.29, 0.717) is 29.3 Å². The third kappa shape index (κ3) is 5.16. The Bertz CT molecular complexity index is 753. The smallest absolute Gasteiger partial charge is 0.193 e. The van der Waals surface area contributed by atoms with Crippen LogP contribution in [0.3, 0.4) is 0 Å². The third-order valence-electron chi connectivity index (χ3n) is 5.29. The van der Waals surface area contributed by atoms with E-state index in [-0.39, 0.29) is 0 Å². The van der Waals surface area contributed by atoms with Gasteiger partial charge in [0.15, 0.2) is 17.5 Å². The number of benzene rings is 2. The summed E-state index contributed by atoms with van der Waals surface area (Å²) in [7, 11) is 3.23. The molecular weight excluding hydrogens is 338 g/mol. The maximum absolute atomic E-state index is 6.07. The van der Waals surface area contributed by atoms with Crippen LogP contribution in [0.4, 0.5) is 5.69 Å². The fourth-order valence-electron chi connectivity index (χ4n) is 3.73. The number of guanidine groups is 1. The highest BCUT2D eigenvalue weighted by molar-refractivity contribution is 5.92. The highest BCUT2D eigenvalue weighted by Gasteiger charge is 2.22. The van der Waals surface area contributed by atoms with Gasteiger partial charge >= 0.3 is 0 Å². The number of nitrogens with zero attached hydrogens (tertiary/aromatic N) is 1. The van der Waals surface area contributed by atoms with Gasteiger partial charge in [-0.2, -0.15) is 0 Å². The van der Waals surface area contributed by atoms with Gasteiger partial charge in [0.25, 0.3) is 0 Å². The first-order chi connectivity index (χ1) is 13.2. The molecule has 3 N–H and O–H groups in total. The molecule has 3 rings (SSSR count). The molecule has 5 heteroatoms. The minimum absolute atomic E-state index is 0.437. The Kier molecular flexibility index (Phi) is 6.58. The fraction of sp³-hybridized carbons (Fsp3) is 0.409. The van der Waals surface area contributed by atoms with E-state index >= 15 is 0 Å². The van der Waals surface area contributed by atoms with Crippen molar-refractivity contribution >= 4 is 11.6 Å². The van der Waals surface area contributed by atoms with Gasteiger partial charge in [-0.05, 0) is 55.2 Å². The standard InChI is InChI=1S/C22H29N3O2/c1-26-20-13-12-19(14-21(20)27-2)25-22(23)24-15-16-8-10-18(11-9-16)17-6-4-3-5-7-17/h3-7,12-14,16,18H,8-11,15H2,1-2H3,(H3,23,24,25). The van der Waals surface area contributed by atoms with Gasteiger partial charge in [0.1, 0.15) is 0 Å². The SMILES string of the molecule is COc1ccc(NC(N)=NCC2CCC(c3ccccc3)CC2)cc1OC. The van der Waals surface area contributed by atoms with Crippen molar-refractivity contribution in [2.45, 2.75) is 31.6 Å². The molecule has 1 aliphatic rings. The predicted octanol–water partition coefficient (Wildman–Crippen LogP) is 4.40. The number of hydrogen-bond acceptors (Lipinski definition) is 3. The molecule has 2 aromatic carbocycles. The van der Waals surface area contributed by atoms with Gasteiger partial charge in [0, 0.05) is 18.3 Å². The molecule has 144 valence electrons. The van der Waals surface area contributed by atoms with Crippen LogP contribution in [0.1, 0.15) is 37.2 Å². The van der Waals surface area contributed by atoms with Gasteiger partial charge in [-0.1, -0.05) is 30.3 Å². The summed E-state index contributed by atoms with van der Waals surface area (Å²) in [6.07, 6.45) is 4.86. The predicted molar refractivity (Wildman–Crippen MR) is 111 cm³/mol. The number of rotatable bonds is 6. The molecule has 0 atom stereocenters. The summed E-state index contributed by atoms with van der Waals surface area (Å²) >= 11 is 0. The zero-order chi connectivity index (χ0) is 19.1. The molecule has 0 aromatic heterocycles. The van der Waals surface area contributed by atoms with E-state index in [9.17, 15) is 0 Å². The Labute approximate surface area is 161 Å². The third-order valence-corrected chi connectivity index (χ3v) is 5.29. The van der Waals surface area contributed by atoms with Crippen molar-refractivity contribution in [3.05, 3.63) is 54.1 Å². The molecule has 27 heavy (non-hydrogen) atoms. The highest BCUT2D eigenvalue weighted by atomic mass is 16.5. The summed E-state index contributed by atoms with van der Waals surface area (Å²) in [5.41, 5.74) is 8.37. The molecule has 0 heterocycles. The number of aliphatic imine (C=N–C) groups is 1. The van der Waals surface area contributed by atoms with E-state index in [0.717, 1.165) is 12.2 Å². The number of nitrogens with one attached hydrogen (secondary N) is 1. The van der Waals surface area contributed by atoms with Gasteiger partial charge in [0.05, 0.1) is 14.2 Å². The van der Waals surface area contributed by atoms with Crippen LogP contribution in [0, 0.1) is 5.92 Å². The van der Waals surface area contributed by atoms with Gasteiger partial charge < -0.3 is 20.5 Å². The number of hydrogen-bond donors (Lipinski definition) is 2. The Hall–Kier alpha value is -2.69. The maximum atomic E-state index is 6.07. The van der Waals surface area contributed by atoms with Gasteiger partial charge in [-0.3, -0.25) is 4.99 Å². The summed E-state index contributed by atoms with van der Waals surface area (Å²) in [4.78, 5) is 4.55. The van der Waals surface area contributed by atoms with Crippen LogP contribution in [0.15, 0.2) is 53.5 Å². The maximum Gasteiger partial charge on any atom is 0.193 e. The second-order valence-electron chi connectivity index (χ2n) is 7.05. The van der Waals surface area contributed by atoms with E-state index in [1.54, 1.807) is 14.2 Å². The van der Waals surface area contributed by atoms with Crippen LogP contribution in [-0.2, 0) is 0 Å². The second-order valence-corrected chi connectivity index (χ2v) is 7.05. The lowest BCUT2D eigenvalue weighted by Gasteiger charge is -2.28. The van der Waals surface area contributed by atoms with Crippen LogP contribution in [-0.4, -0.2) is 26.7 Å². The van der Waals surface area contributed by atoms with Gasteiger partial charge in [-0.15, -0.1) is 0 Å². The van der Waals surface area contributed by atoms with Crippen molar-refractivity contribution in [3.8, 4) is 11.5 Å². The van der Waals surface area contributed by atoms with Crippen molar-refractivity contribution in [1.82, 2.24) is 0 Å². The van der Waals surface area contributed by atoms with Crippen molar-refractivity contribution in [1.29, 1.82) is 0 Å². The lowest BCUT2D eigenvalue weighted by atomic mass is 9.79. The summed E-state index contributed by atoms with van der Waals surface area (Å²) in [5.74, 6) is 3.08. The normalized spacial score (nSPS) is 20.1. The molecule has 1 aliphatic carbocycles. The molecule has 0 amide bonds. The first-order valence-electron chi connectivity index (χ1n) is 9.53. The Morgan fingerprint density at radius 1 is 1.00 bits per heavy atom. The topological polar surface area (TPSA) is 68.9 Å². The number of methoxy groups -OCH3 is 2.